The quantitative estimate of drug-likeness (QED) is 0.842. The first-order valence-corrected chi connectivity index (χ1v) is 7.53. The first-order chi connectivity index (χ1) is 9.54. The van der Waals surface area contributed by atoms with E-state index in [2.05, 4.69) is 11.4 Å². The fourth-order valence-corrected chi connectivity index (χ4v) is 2.94. The summed E-state index contributed by atoms with van der Waals surface area (Å²) in [6, 6.07) is 16.1. The minimum atomic E-state index is -0.127. The minimum Gasteiger partial charge on any atom is -0.325 e. The number of carbonyl (C=O) groups is 1. The van der Waals surface area contributed by atoms with Crippen molar-refractivity contribution in [2.75, 3.05) is 5.32 Å². The van der Waals surface area contributed by atoms with Crippen molar-refractivity contribution in [3.8, 4) is 0 Å². The molecule has 0 aliphatic heterocycles. The molecular formula is C17H19NOS. The number of anilines is 1. The van der Waals surface area contributed by atoms with E-state index < -0.39 is 0 Å². The number of hydrogen-bond acceptors (Lipinski definition) is 2. The molecule has 0 bridgehead atoms. The van der Waals surface area contributed by atoms with Gasteiger partial charge in [0.05, 0.1) is 5.25 Å². The van der Waals surface area contributed by atoms with Crippen molar-refractivity contribution in [1.82, 2.24) is 0 Å². The molecule has 20 heavy (non-hydrogen) atoms. The van der Waals surface area contributed by atoms with Gasteiger partial charge >= 0.3 is 0 Å². The highest BCUT2D eigenvalue weighted by Crippen LogP contribution is 2.24. The summed E-state index contributed by atoms with van der Waals surface area (Å²) in [5, 5.41) is 2.86. The first-order valence-electron chi connectivity index (χ1n) is 6.65. The van der Waals surface area contributed by atoms with E-state index in [0.29, 0.717) is 0 Å². The maximum Gasteiger partial charge on any atom is 0.237 e. The molecule has 2 nitrogen and oxygen atoms in total. The summed E-state index contributed by atoms with van der Waals surface area (Å²) >= 11 is 1.57. The molecule has 3 heteroatoms. The summed E-state index contributed by atoms with van der Waals surface area (Å²) in [6.07, 6.45) is 0. The lowest BCUT2D eigenvalue weighted by molar-refractivity contribution is -0.115. The lowest BCUT2D eigenvalue weighted by Gasteiger charge is -2.13. The van der Waals surface area contributed by atoms with Crippen LogP contribution in [0, 0.1) is 13.8 Å². The molecule has 0 heterocycles. The summed E-state index contributed by atoms with van der Waals surface area (Å²) in [7, 11) is 0. The second kappa shape index (κ2) is 6.62. The molecule has 1 N–H and O–H groups in total. The van der Waals surface area contributed by atoms with Crippen LogP contribution in [0.2, 0.25) is 0 Å². The number of benzene rings is 2. The third kappa shape index (κ3) is 4.14. The Kier molecular flexibility index (Phi) is 4.85. The van der Waals surface area contributed by atoms with Gasteiger partial charge in [0.15, 0.2) is 0 Å². The van der Waals surface area contributed by atoms with Gasteiger partial charge in [-0.05, 0) is 56.2 Å². The molecule has 1 atom stereocenters. The highest BCUT2D eigenvalue weighted by molar-refractivity contribution is 8.00. The third-order valence-electron chi connectivity index (χ3n) is 2.91. The Morgan fingerprint density at radius 1 is 1.05 bits per heavy atom. The molecular weight excluding hydrogens is 266 g/mol. The number of aryl methyl sites for hydroxylation is 2. The predicted octanol–water partition coefficient (Wildman–Crippen LogP) is 4.42. The van der Waals surface area contributed by atoms with Crippen molar-refractivity contribution in [3.05, 3.63) is 59.7 Å². The van der Waals surface area contributed by atoms with Gasteiger partial charge in [-0.25, -0.2) is 0 Å². The summed E-state index contributed by atoms with van der Waals surface area (Å²) in [4.78, 5) is 13.3. The van der Waals surface area contributed by atoms with Crippen molar-refractivity contribution in [1.29, 1.82) is 0 Å². The van der Waals surface area contributed by atoms with Crippen LogP contribution in [0.15, 0.2) is 53.4 Å². The van der Waals surface area contributed by atoms with Crippen LogP contribution in [0.4, 0.5) is 5.69 Å². The topological polar surface area (TPSA) is 29.1 Å². The summed E-state index contributed by atoms with van der Waals surface area (Å²) in [6.45, 7) is 5.99. The average molecular weight is 285 g/mol. The van der Waals surface area contributed by atoms with Crippen LogP contribution >= 0.6 is 11.8 Å². The van der Waals surface area contributed by atoms with Crippen molar-refractivity contribution < 1.29 is 4.79 Å². The molecule has 2 aromatic rings. The third-order valence-corrected chi connectivity index (χ3v) is 4.03. The lowest BCUT2D eigenvalue weighted by atomic mass is 10.1. The van der Waals surface area contributed by atoms with Crippen LogP contribution in [0.1, 0.15) is 18.1 Å². The van der Waals surface area contributed by atoms with Crippen molar-refractivity contribution >= 4 is 23.4 Å². The fraction of sp³-hybridized carbons (Fsp3) is 0.235. The molecule has 0 saturated carbocycles. The number of nitrogens with one attached hydrogen (secondary N) is 1. The highest BCUT2D eigenvalue weighted by atomic mass is 32.2. The zero-order valence-electron chi connectivity index (χ0n) is 12.0. The second-order valence-electron chi connectivity index (χ2n) is 4.94. The van der Waals surface area contributed by atoms with Gasteiger partial charge in [0.2, 0.25) is 5.91 Å². The number of carbonyl (C=O) groups excluding carboxylic acids is 1. The van der Waals surface area contributed by atoms with Gasteiger partial charge in [0, 0.05) is 10.6 Å². The second-order valence-corrected chi connectivity index (χ2v) is 6.35. The average Bonchev–Trinajstić information content (AvgIpc) is 2.38. The number of rotatable bonds is 4. The summed E-state index contributed by atoms with van der Waals surface area (Å²) < 4.78 is 0. The standard InChI is InChI=1S/C17H19NOS/c1-12-9-13(2)11-15(10-12)18-17(19)14(3)20-16-7-5-4-6-8-16/h4-11,14H,1-3H3,(H,18,19)/t14-/m1/s1. The van der Waals surface area contributed by atoms with Gasteiger partial charge < -0.3 is 5.32 Å². The van der Waals surface area contributed by atoms with Gasteiger partial charge in [0.1, 0.15) is 0 Å². The molecule has 0 unspecified atom stereocenters. The van der Waals surface area contributed by atoms with E-state index in [1.807, 2.05) is 63.2 Å². The molecule has 0 saturated heterocycles. The molecule has 1 amide bonds. The monoisotopic (exact) mass is 285 g/mol. The van der Waals surface area contributed by atoms with Crippen molar-refractivity contribution in [2.45, 2.75) is 30.9 Å². The number of thioether (sulfide) groups is 1. The molecule has 0 aliphatic rings. The maximum atomic E-state index is 12.2. The van der Waals surface area contributed by atoms with E-state index in [4.69, 9.17) is 0 Å². The van der Waals surface area contributed by atoms with Gasteiger partial charge in [0.25, 0.3) is 0 Å². The number of hydrogen-bond donors (Lipinski definition) is 1. The summed E-state index contributed by atoms with van der Waals surface area (Å²) in [5.74, 6) is 0.0313. The van der Waals surface area contributed by atoms with E-state index in [9.17, 15) is 4.79 Å². The zero-order valence-corrected chi connectivity index (χ0v) is 12.8. The van der Waals surface area contributed by atoms with Crippen LogP contribution in [0.25, 0.3) is 0 Å². The fourth-order valence-electron chi connectivity index (χ4n) is 2.05. The van der Waals surface area contributed by atoms with E-state index >= 15 is 0 Å². The Hall–Kier alpha value is -1.74. The first kappa shape index (κ1) is 14.7. The van der Waals surface area contributed by atoms with Crippen LogP contribution < -0.4 is 5.32 Å². The molecule has 104 valence electrons. The minimum absolute atomic E-state index is 0.0313. The Morgan fingerprint density at radius 3 is 2.25 bits per heavy atom. The van der Waals surface area contributed by atoms with Crippen LogP contribution in [-0.4, -0.2) is 11.2 Å². The lowest BCUT2D eigenvalue weighted by Crippen LogP contribution is -2.22. The van der Waals surface area contributed by atoms with Gasteiger partial charge in [-0.1, -0.05) is 24.3 Å². The van der Waals surface area contributed by atoms with Crippen LogP contribution in [0.3, 0.4) is 0 Å². The van der Waals surface area contributed by atoms with E-state index in [1.54, 1.807) is 11.8 Å². The maximum absolute atomic E-state index is 12.2. The summed E-state index contributed by atoms with van der Waals surface area (Å²) in [5.41, 5.74) is 3.18. The molecule has 0 aromatic heterocycles. The van der Waals surface area contributed by atoms with Crippen molar-refractivity contribution in [2.24, 2.45) is 0 Å². The highest BCUT2D eigenvalue weighted by Gasteiger charge is 2.14. The van der Waals surface area contributed by atoms with E-state index in [-0.39, 0.29) is 11.2 Å². The van der Waals surface area contributed by atoms with E-state index in [1.165, 1.54) is 0 Å². The van der Waals surface area contributed by atoms with Crippen LogP contribution in [0.5, 0.6) is 0 Å². The molecule has 0 aliphatic carbocycles. The largest absolute Gasteiger partial charge is 0.325 e. The Balaban J connectivity index is 2.00. The van der Waals surface area contributed by atoms with Crippen LogP contribution in [-0.2, 0) is 4.79 Å². The Bertz CT molecular complexity index is 575. The molecule has 2 aromatic carbocycles. The SMILES string of the molecule is Cc1cc(C)cc(NC(=O)[C@@H](C)Sc2ccccc2)c1. The van der Waals surface area contributed by atoms with Gasteiger partial charge in [-0.15, -0.1) is 11.8 Å². The zero-order chi connectivity index (χ0) is 14.5. The Morgan fingerprint density at radius 2 is 1.65 bits per heavy atom. The smallest absolute Gasteiger partial charge is 0.237 e. The van der Waals surface area contributed by atoms with Crippen molar-refractivity contribution in [3.63, 3.8) is 0 Å². The van der Waals surface area contributed by atoms with Gasteiger partial charge in [-0.3, -0.25) is 4.79 Å². The molecule has 0 spiro atoms. The van der Waals surface area contributed by atoms with E-state index in [0.717, 1.165) is 21.7 Å². The molecule has 0 fully saturated rings. The molecule has 2 rings (SSSR count). The molecule has 0 radical (unpaired) electrons. The number of amides is 1. The van der Waals surface area contributed by atoms with Gasteiger partial charge in [-0.2, -0.15) is 0 Å². The predicted molar refractivity (Wildman–Crippen MR) is 86.3 cm³/mol. The normalized spacial score (nSPS) is 11.9. The Labute approximate surface area is 124 Å².